The maximum atomic E-state index is 12.5. The minimum absolute atomic E-state index is 0.276. The van der Waals surface area contributed by atoms with E-state index in [-0.39, 0.29) is 11.9 Å². The van der Waals surface area contributed by atoms with Crippen LogP contribution in [0.3, 0.4) is 0 Å². The van der Waals surface area contributed by atoms with Gasteiger partial charge in [-0.3, -0.25) is 14.5 Å². The molecule has 0 saturated carbocycles. The van der Waals surface area contributed by atoms with E-state index in [1.807, 2.05) is 12.1 Å². The fourth-order valence-electron chi connectivity index (χ4n) is 3.39. The Kier molecular flexibility index (Phi) is 8.40. The van der Waals surface area contributed by atoms with Crippen molar-refractivity contribution in [2.24, 2.45) is 5.73 Å². The number of rotatable bonds is 7. The van der Waals surface area contributed by atoms with Crippen LogP contribution in [-0.4, -0.2) is 62.1 Å². The molecule has 168 valence electrons. The number of nitrogens with zero attached hydrogens (tertiary/aromatic N) is 1. The molecule has 1 aliphatic heterocycles. The molecule has 4 N–H and O–H groups in total. The van der Waals surface area contributed by atoms with Crippen molar-refractivity contribution < 1.29 is 14.3 Å². The molecule has 32 heavy (non-hydrogen) atoms. The normalized spacial score (nSPS) is 15.8. The van der Waals surface area contributed by atoms with E-state index in [0.29, 0.717) is 5.56 Å². The third kappa shape index (κ3) is 6.66. The van der Waals surface area contributed by atoms with Crippen LogP contribution >= 0.6 is 0 Å². The molecule has 7 heteroatoms. The first-order valence-corrected chi connectivity index (χ1v) is 10.7. The SMILES string of the molecule is CNC(C)C(NC(=O)c1ccc(C#Cc2ccc(CN3CCOCC3)cc2)cc1)C(N)=O. The highest BCUT2D eigenvalue weighted by Gasteiger charge is 2.24. The van der Waals surface area contributed by atoms with Gasteiger partial charge in [0.2, 0.25) is 5.91 Å². The standard InChI is InChI=1S/C25H30N4O3/c1-18(27-2)23(24(26)30)28-25(31)22-11-9-20(10-12-22)4-3-19-5-7-21(8-6-19)17-29-13-15-32-16-14-29/h5-12,18,23,27H,13-17H2,1-2H3,(H2,26,30)(H,28,31). The first kappa shape index (κ1) is 23.5. The van der Waals surface area contributed by atoms with Crippen LogP contribution in [-0.2, 0) is 16.1 Å². The van der Waals surface area contributed by atoms with Gasteiger partial charge in [-0.2, -0.15) is 0 Å². The van der Waals surface area contributed by atoms with Crippen molar-refractivity contribution in [2.45, 2.75) is 25.6 Å². The van der Waals surface area contributed by atoms with E-state index in [0.717, 1.165) is 44.0 Å². The molecular weight excluding hydrogens is 404 g/mol. The lowest BCUT2D eigenvalue weighted by atomic mass is 10.1. The van der Waals surface area contributed by atoms with E-state index in [4.69, 9.17) is 10.5 Å². The van der Waals surface area contributed by atoms with Crippen LogP contribution in [0.1, 0.15) is 34.0 Å². The fourth-order valence-corrected chi connectivity index (χ4v) is 3.39. The lowest BCUT2D eigenvalue weighted by Gasteiger charge is -2.26. The fraction of sp³-hybridized carbons (Fsp3) is 0.360. The Morgan fingerprint density at radius 1 is 1.03 bits per heavy atom. The number of carbonyl (C=O) groups is 2. The van der Waals surface area contributed by atoms with Crippen LogP contribution in [0.15, 0.2) is 48.5 Å². The summed E-state index contributed by atoms with van der Waals surface area (Å²) in [6.45, 7) is 6.23. The first-order chi connectivity index (χ1) is 15.5. The molecule has 2 atom stereocenters. The lowest BCUT2D eigenvalue weighted by Crippen LogP contribution is -2.54. The maximum Gasteiger partial charge on any atom is 0.251 e. The molecule has 0 spiro atoms. The van der Waals surface area contributed by atoms with Gasteiger partial charge >= 0.3 is 0 Å². The molecule has 0 aliphatic carbocycles. The van der Waals surface area contributed by atoms with Crippen molar-refractivity contribution in [3.63, 3.8) is 0 Å². The van der Waals surface area contributed by atoms with E-state index >= 15 is 0 Å². The van der Waals surface area contributed by atoms with E-state index in [1.54, 1.807) is 38.2 Å². The second kappa shape index (κ2) is 11.4. The number of nitrogens with one attached hydrogen (secondary N) is 2. The number of nitrogens with two attached hydrogens (primary N) is 1. The summed E-state index contributed by atoms with van der Waals surface area (Å²) >= 11 is 0. The molecule has 1 aliphatic rings. The van der Waals surface area contributed by atoms with Crippen LogP contribution in [0, 0.1) is 11.8 Å². The summed E-state index contributed by atoms with van der Waals surface area (Å²) in [7, 11) is 1.71. The number of hydrogen-bond acceptors (Lipinski definition) is 5. The van der Waals surface area contributed by atoms with Gasteiger partial charge in [0, 0.05) is 42.4 Å². The number of likely N-dealkylation sites (N-methyl/N-ethyl adjacent to an activating group) is 1. The van der Waals surface area contributed by atoms with Crippen LogP contribution in [0.4, 0.5) is 0 Å². The van der Waals surface area contributed by atoms with Crippen molar-refractivity contribution in [1.82, 2.24) is 15.5 Å². The number of carbonyl (C=O) groups excluding carboxylic acids is 2. The van der Waals surface area contributed by atoms with Crippen molar-refractivity contribution in [2.75, 3.05) is 33.4 Å². The van der Waals surface area contributed by atoms with E-state index in [9.17, 15) is 9.59 Å². The summed E-state index contributed by atoms with van der Waals surface area (Å²) in [4.78, 5) is 26.4. The van der Waals surface area contributed by atoms with Gasteiger partial charge in [-0.1, -0.05) is 24.0 Å². The monoisotopic (exact) mass is 434 g/mol. The Bertz CT molecular complexity index is 971. The zero-order valence-corrected chi connectivity index (χ0v) is 18.6. The third-order valence-corrected chi connectivity index (χ3v) is 5.51. The van der Waals surface area contributed by atoms with Gasteiger partial charge in [0.15, 0.2) is 0 Å². The zero-order chi connectivity index (χ0) is 22.9. The smallest absolute Gasteiger partial charge is 0.251 e. The topological polar surface area (TPSA) is 96.7 Å². The summed E-state index contributed by atoms with van der Waals surface area (Å²) in [6.07, 6.45) is 0. The first-order valence-electron chi connectivity index (χ1n) is 10.7. The van der Waals surface area contributed by atoms with Gasteiger partial charge in [-0.05, 0) is 55.9 Å². The number of morpholine rings is 1. The Hall–Kier alpha value is -3.18. The molecule has 0 radical (unpaired) electrons. The van der Waals surface area contributed by atoms with E-state index in [2.05, 4.69) is 39.5 Å². The second-order valence-corrected chi connectivity index (χ2v) is 7.84. The highest BCUT2D eigenvalue weighted by Crippen LogP contribution is 2.10. The highest BCUT2D eigenvalue weighted by atomic mass is 16.5. The number of ether oxygens (including phenoxy) is 1. The van der Waals surface area contributed by atoms with Gasteiger partial charge in [0.1, 0.15) is 6.04 Å². The minimum Gasteiger partial charge on any atom is -0.379 e. The summed E-state index contributed by atoms with van der Waals surface area (Å²) in [6, 6.07) is 14.1. The molecule has 1 fully saturated rings. The van der Waals surface area contributed by atoms with E-state index < -0.39 is 11.9 Å². The maximum absolute atomic E-state index is 12.5. The Morgan fingerprint density at radius 3 is 2.12 bits per heavy atom. The van der Waals surface area contributed by atoms with Crippen molar-refractivity contribution in [3.8, 4) is 11.8 Å². The quantitative estimate of drug-likeness (QED) is 0.568. The van der Waals surface area contributed by atoms with Crippen molar-refractivity contribution in [3.05, 3.63) is 70.8 Å². The Balaban J connectivity index is 1.58. The molecule has 0 aromatic heterocycles. The summed E-state index contributed by atoms with van der Waals surface area (Å²) in [5.41, 5.74) is 8.83. The van der Waals surface area contributed by atoms with Crippen LogP contribution < -0.4 is 16.4 Å². The highest BCUT2D eigenvalue weighted by molar-refractivity contribution is 5.97. The summed E-state index contributed by atoms with van der Waals surface area (Å²) in [5.74, 6) is 5.34. The summed E-state index contributed by atoms with van der Waals surface area (Å²) in [5, 5.41) is 5.60. The molecule has 2 unspecified atom stereocenters. The molecular formula is C25H30N4O3. The molecule has 2 aromatic rings. The van der Waals surface area contributed by atoms with Crippen LogP contribution in [0.5, 0.6) is 0 Å². The largest absolute Gasteiger partial charge is 0.379 e. The van der Waals surface area contributed by atoms with Crippen molar-refractivity contribution in [1.29, 1.82) is 0 Å². The van der Waals surface area contributed by atoms with Gasteiger partial charge < -0.3 is 21.1 Å². The molecule has 7 nitrogen and oxygen atoms in total. The zero-order valence-electron chi connectivity index (χ0n) is 18.6. The summed E-state index contributed by atoms with van der Waals surface area (Å²) < 4.78 is 5.39. The average Bonchev–Trinajstić information content (AvgIpc) is 2.82. The second-order valence-electron chi connectivity index (χ2n) is 7.84. The van der Waals surface area contributed by atoms with Gasteiger partial charge in [-0.15, -0.1) is 0 Å². The molecule has 1 heterocycles. The average molecular weight is 435 g/mol. The van der Waals surface area contributed by atoms with Crippen molar-refractivity contribution >= 4 is 11.8 Å². The number of benzene rings is 2. The lowest BCUT2D eigenvalue weighted by molar-refractivity contribution is -0.120. The number of amides is 2. The minimum atomic E-state index is -0.793. The Morgan fingerprint density at radius 2 is 1.59 bits per heavy atom. The molecule has 2 amide bonds. The van der Waals surface area contributed by atoms with Gasteiger partial charge in [0.05, 0.1) is 13.2 Å². The number of primary amides is 1. The number of hydrogen-bond donors (Lipinski definition) is 3. The molecule has 0 bridgehead atoms. The van der Waals surface area contributed by atoms with Gasteiger partial charge in [0.25, 0.3) is 5.91 Å². The van der Waals surface area contributed by atoms with Gasteiger partial charge in [-0.25, -0.2) is 0 Å². The van der Waals surface area contributed by atoms with E-state index in [1.165, 1.54) is 5.56 Å². The third-order valence-electron chi connectivity index (χ3n) is 5.51. The molecule has 2 aromatic carbocycles. The van der Waals surface area contributed by atoms with Crippen LogP contribution in [0.25, 0.3) is 0 Å². The predicted molar refractivity (Wildman–Crippen MR) is 124 cm³/mol. The molecule has 1 saturated heterocycles. The predicted octanol–water partition coefficient (Wildman–Crippen LogP) is 1.11. The van der Waals surface area contributed by atoms with Crippen LogP contribution in [0.2, 0.25) is 0 Å². The molecule has 3 rings (SSSR count). The Labute approximate surface area is 189 Å².